The summed E-state index contributed by atoms with van der Waals surface area (Å²) in [5.41, 5.74) is 9.63. The highest BCUT2D eigenvalue weighted by molar-refractivity contribution is 5.54. The van der Waals surface area contributed by atoms with Crippen molar-refractivity contribution in [3.05, 3.63) is 29.2 Å². The van der Waals surface area contributed by atoms with Crippen LogP contribution in [0.25, 0.3) is 5.69 Å². The largest absolute Gasteiger partial charge is 0.366 e. The van der Waals surface area contributed by atoms with Gasteiger partial charge in [-0.1, -0.05) is 5.16 Å². The summed E-state index contributed by atoms with van der Waals surface area (Å²) in [5, 5.41) is 3.83. The van der Waals surface area contributed by atoms with Gasteiger partial charge in [0.1, 0.15) is 11.4 Å². The monoisotopic (exact) mass is 191 g/mol. The highest BCUT2D eigenvalue weighted by Gasteiger charge is 2.14. The van der Waals surface area contributed by atoms with Gasteiger partial charge >= 0.3 is 0 Å². The Kier molecular flexibility index (Phi) is 1.84. The smallest absolute Gasteiger partial charge is 0.246 e. The lowest BCUT2D eigenvalue weighted by Gasteiger charge is -2.07. The highest BCUT2D eigenvalue weighted by atomic mass is 16.5. The van der Waals surface area contributed by atoms with Crippen molar-refractivity contribution in [3.8, 4) is 5.69 Å². The van der Waals surface area contributed by atoms with Crippen LogP contribution in [0, 0.1) is 20.8 Å². The molecule has 0 fully saturated rings. The molecule has 0 saturated heterocycles. The Hall–Kier alpha value is -1.71. The number of nitrogens with zero attached hydrogens (tertiary/aromatic N) is 2. The molecular formula is C10H13N3O. The van der Waals surface area contributed by atoms with E-state index in [4.69, 9.17) is 10.3 Å². The first-order valence-electron chi connectivity index (χ1n) is 4.48. The second-order valence-electron chi connectivity index (χ2n) is 3.43. The van der Waals surface area contributed by atoms with E-state index in [2.05, 4.69) is 5.16 Å². The second-order valence-corrected chi connectivity index (χ2v) is 3.43. The van der Waals surface area contributed by atoms with Crippen molar-refractivity contribution < 1.29 is 4.52 Å². The van der Waals surface area contributed by atoms with Gasteiger partial charge in [-0.15, -0.1) is 0 Å². The third kappa shape index (κ3) is 1.11. The molecule has 2 aromatic rings. The molecule has 0 atom stereocenters. The quantitative estimate of drug-likeness (QED) is 0.749. The molecule has 14 heavy (non-hydrogen) atoms. The van der Waals surface area contributed by atoms with Gasteiger partial charge in [0.25, 0.3) is 0 Å². The molecule has 0 radical (unpaired) electrons. The topological polar surface area (TPSA) is 57.0 Å². The van der Waals surface area contributed by atoms with Crippen molar-refractivity contribution in [3.63, 3.8) is 0 Å². The number of rotatable bonds is 1. The van der Waals surface area contributed by atoms with Gasteiger partial charge in [-0.25, -0.2) is 0 Å². The summed E-state index contributed by atoms with van der Waals surface area (Å²) in [6, 6.07) is 4.09. The van der Waals surface area contributed by atoms with Gasteiger partial charge in [-0.3, -0.25) is 0 Å². The number of anilines is 1. The Balaban J connectivity index is 2.71. The van der Waals surface area contributed by atoms with Crippen molar-refractivity contribution in [1.29, 1.82) is 0 Å². The van der Waals surface area contributed by atoms with E-state index >= 15 is 0 Å². The van der Waals surface area contributed by atoms with Crippen LogP contribution >= 0.6 is 0 Å². The molecule has 2 aromatic heterocycles. The summed E-state index contributed by atoms with van der Waals surface area (Å²) in [4.78, 5) is 0. The van der Waals surface area contributed by atoms with E-state index in [0.29, 0.717) is 5.88 Å². The van der Waals surface area contributed by atoms with Crippen molar-refractivity contribution in [2.75, 3.05) is 5.73 Å². The molecule has 0 saturated carbocycles. The Morgan fingerprint density at radius 1 is 1.21 bits per heavy atom. The predicted molar refractivity (Wildman–Crippen MR) is 54.5 cm³/mol. The number of hydrogen-bond donors (Lipinski definition) is 1. The van der Waals surface area contributed by atoms with E-state index in [1.165, 1.54) is 0 Å². The molecule has 2 rings (SSSR count). The molecule has 4 heteroatoms. The molecule has 0 aliphatic carbocycles. The number of nitrogen functional groups attached to an aromatic ring is 1. The van der Waals surface area contributed by atoms with Gasteiger partial charge in [0.2, 0.25) is 5.88 Å². The maximum absolute atomic E-state index is 5.72. The molecule has 0 aromatic carbocycles. The van der Waals surface area contributed by atoms with E-state index in [1.807, 2.05) is 37.5 Å². The second kappa shape index (κ2) is 2.90. The third-order valence-electron chi connectivity index (χ3n) is 2.35. The molecule has 0 aliphatic rings. The van der Waals surface area contributed by atoms with Crippen LogP contribution in [0.3, 0.4) is 0 Å². The summed E-state index contributed by atoms with van der Waals surface area (Å²) in [5.74, 6) is 0.366. The van der Waals surface area contributed by atoms with E-state index in [9.17, 15) is 0 Å². The molecule has 4 nitrogen and oxygen atoms in total. The molecule has 0 amide bonds. The summed E-state index contributed by atoms with van der Waals surface area (Å²) in [6.45, 7) is 5.94. The van der Waals surface area contributed by atoms with E-state index in [1.54, 1.807) is 0 Å². The van der Waals surface area contributed by atoms with Crippen LogP contribution in [0.4, 0.5) is 5.88 Å². The zero-order valence-electron chi connectivity index (χ0n) is 8.53. The van der Waals surface area contributed by atoms with Gasteiger partial charge in [0.05, 0.1) is 0 Å². The predicted octanol–water partition coefficient (Wildman–Crippen LogP) is 1.97. The fourth-order valence-corrected chi connectivity index (χ4v) is 1.68. The number of aryl methyl sites for hydroxylation is 3. The van der Waals surface area contributed by atoms with Crippen LogP contribution in [0.5, 0.6) is 0 Å². The average Bonchev–Trinajstić information content (AvgIpc) is 2.60. The van der Waals surface area contributed by atoms with E-state index in [0.717, 1.165) is 22.8 Å². The molecule has 2 heterocycles. The van der Waals surface area contributed by atoms with Gasteiger partial charge in [-0.2, -0.15) is 0 Å². The lowest BCUT2D eigenvalue weighted by Crippen LogP contribution is -2.02. The van der Waals surface area contributed by atoms with E-state index < -0.39 is 0 Å². The van der Waals surface area contributed by atoms with Gasteiger partial charge in [-0.05, 0) is 32.9 Å². The minimum atomic E-state index is 0.366. The normalized spacial score (nSPS) is 10.8. The van der Waals surface area contributed by atoms with Crippen molar-refractivity contribution >= 4 is 5.88 Å². The molecule has 0 spiro atoms. The van der Waals surface area contributed by atoms with Gasteiger partial charge < -0.3 is 14.8 Å². The lowest BCUT2D eigenvalue weighted by atomic mass is 10.3. The summed E-state index contributed by atoms with van der Waals surface area (Å²) >= 11 is 0. The van der Waals surface area contributed by atoms with Crippen molar-refractivity contribution in [2.45, 2.75) is 20.8 Å². The van der Waals surface area contributed by atoms with Gasteiger partial charge in [0, 0.05) is 11.4 Å². The van der Waals surface area contributed by atoms with E-state index in [-0.39, 0.29) is 0 Å². The van der Waals surface area contributed by atoms with Crippen LogP contribution in [0.15, 0.2) is 16.7 Å². The average molecular weight is 191 g/mol. The molecule has 2 N–H and O–H groups in total. The van der Waals surface area contributed by atoms with Crippen LogP contribution < -0.4 is 5.73 Å². The first kappa shape index (κ1) is 8.87. The molecular weight excluding hydrogens is 178 g/mol. The maximum Gasteiger partial charge on any atom is 0.246 e. The Bertz CT molecular complexity index is 384. The molecule has 74 valence electrons. The van der Waals surface area contributed by atoms with Crippen LogP contribution in [-0.4, -0.2) is 9.72 Å². The highest BCUT2D eigenvalue weighted by Crippen LogP contribution is 2.24. The number of nitrogens with two attached hydrogens (primary N) is 1. The lowest BCUT2D eigenvalue weighted by molar-refractivity contribution is 0.431. The fourth-order valence-electron chi connectivity index (χ4n) is 1.68. The molecule has 0 unspecified atom stereocenters. The molecule has 0 bridgehead atoms. The fraction of sp³-hybridized carbons (Fsp3) is 0.300. The molecule has 0 aliphatic heterocycles. The zero-order chi connectivity index (χ0) is 10.3. The van der Waals surface area contributed by atoms with Crippen molar-refractivity contribution in [1.82, 2.24) is 9.72 Å². The summed E-state index contributed by atoms with van der Waals surface area (Å²) in [7, 11) is 0. The van der Waals surface area contributed by atoms with Gasteiger partial charge in [0.15, 0.2) is 0 Å². The minimum Gasteiger partial charge on any atom is -0.366 e. The minimum absolute atomic E-state index is 0.366. The number of aromatic nitrogens is 2. The van der Waals surface area contributed by atoms with Crippen LogP contribution in [0.2, 0.25) is 0 Å². The van der Waals surface area contributed by atoms with Crippen LogP contribution in [0.1, 0.15) is 17.1 Å². The first-order chi connectivity index (χ1) is 6.61. The van der Waals surface area contributed by atoms with Crippen LogP contribution in [-0.2, 0) is 0 Å². The maximum atomic E-state index is 5.72. The SMILES string of the molecule is Cc1noc(N)c1-n1c(C)ccc1C. The first-order valence-corrected chi connectivity index (χ1v) is 4.48. The number of hydrogen-bond acceptors (Lipinski definition) is 3. The third-order valence-corrected chi connectivity index (χ3v) is 2.35. The Morgan fingerprint density at radius 2 is 1.79 bits per heavy atom. The Morgan fingerprint density at radius 3 is 2.21 bits per heavy atom. The standard InChI is InChI=1S/C10H13N3O/c1-6-4-5-7(2)13(6)9-8(3)12-14-10(9)11/h4-5H,11H2,1-3H3. The Labute approximate surface area is 82.3 Å². The summed E-state index contributed by atoms with van der Waals surface area (Å²) < 4.78 is 6.98. The van der Waals surface area contributed by atoms with Crippen molar-refractivity contribution in [2.24, 2.45) is 0 Å². The summed E-state index contributed by atoms with van der Waals surface area (Å²) in [6.07, 6.45) is 0. The zero-order valence-corrected chi connectivity index (χ0v) is 8.53.